The van der Waals surface area contributed by atoms with Crippen LogP contribution < -0.4 is 10.0 Å². The largest absolute Gasteiger partial charge is 0.360 e. The van der Waals surface area contributed by atoms with Crippen molar-refractivity contribution in [3.8, 4) is 0 Å². The Morgan fingerprint density at radius 1 is 1.25 bits per heavy atom. The van der Waals surface area contributed by atoms with Crippen LogP contribution in [0.5, 0.6) is 0 Å². The van der Waals surface area contributed by atoms with Crippen molar-refractivity contribution in [3.05, 3.63) is 47.3 Å². The molecule has 2 aromatic rings. The van der Waals surface area contributed by atoms with E-state index < -0.39 is 10.0 Å². The highest BCUT2D eigenvalue weighted by atomic mass is 32.2. The lowest BCUT2D eigenvalue weighted by Gasteiger charge is -2.14. The maximum atomic E-state index is 12.2. The van der Waals surface area contributed by atoms with E-state index in [1.807, 2.05) is 37.3 Å². The fourth-order valence-corrected chi connectivity index (χ4v) is 3.73. The third kappa shape index (κ3) is 4.42. The molecule has 0 bridgehead atoms. The minimum atomic E-state index is -3.74. The molecule has 0 unspecified atom stereocenters. The van der Waals surface area contributed by atoms with Gasteiger partial charge in [0.15, 0.2) is 5.76 Å². The summed E-state index contributed by atoms with van der Waals surface area (Å²) < 4.78 is 31.7. The van der Waals surface area contributed by atoms with E-state index in [4.69, 9.17) is 4.52 Å². The van der Waals surface area contributed by atoms with Gasteiger partial charge in [-0.2, -0.15) is 0 Å². The lowest BCUT2D eigenvalue weighted by molar-refractivity contribution is -0.121. The predicted octanol–water partition coefficient (Wildman–Crippen LogP) is 1.84. The van der Waals surface area contributed by atoms with Gasteiger partial charge in [-0.15, -0.1) is 0 Å². The first-order valence-electron chi connectivity index (χ1n) is 7.58. The van der Waals surface area contributed by atoms with Gasteiger partial charge in [0.05, 0.1) is 6.04 Å². The Morgan fingerprint density at radius 2 is 1.92 bits per heavy atom. The number of nitrogens with one attached hydrogen (secondary N) is 2. The molecule has 0 radical (unpaired) electrons. The zero-order chi connectivity index (χ0) is 17.7. The third-order valence-electron chi connectivity index (χ3n) is 3.56. The van der Waals surface area contributed by atoms with E-state index in [0.29, 0.717) is 5.69 Å². The number of sulfonamides is 1. The van der Waals surface area contributed by atoms with Crippen LogP contribution in [0, 0.1) is 13.8 Å². The second-order valence-corrected chi connectivity index (χ2v) is 7.20. The number of carbonyl (C=O) groups excluding carboxylic acids is 1. The van der Waals surface area contributed by atoms with Gasteiger partial charge < -0.3 is 9.84 Å². The Hall–Kier alpha value is -2.19. The van der Waals surface area contributed by atoms with Gasteiger partial charge in [-0.25, -0.2) is 13.1 Å². The van der Waals surface area contributed by atoms with Gasteiger partial charge in [-0.05, 0) is 26.3 Å². The van der Waals surface area contributed by atoms with Gasteiger partial charge in [0.2, 0.25) is 15.9 Å². The average Bonchev–Trinajstić information content (AvgIpc) is 2.87. The van der Waals surface area contributed by atoms with E-state index >= 15 is 0 Å². The molecule has 1 heterocycles. The van der Waals surface area contributed by atoms with E-state index in [0.717, 1.165) is 5.56 Å². The first-order valence-corrected chi connectivity index (χ1v) is 9.06. The molecule has 130 valence electrons. The summed E-state index contributed by atoms with van der Waals surface area (Å²) in [6, 6.07) is 9.40. The van der Waals surface area contributed by atoms with Crippen LogP contribution in [0.4, 0.5) is 0 Å². The van der Waals surface area contributed by atoms with Gasteiger partial charge >= 0.3 is 0 Å². The van der Waals surface area contributed by atoms with E-state index in [1.165, 1.54) is 6.92 Å². The molecule has 0 aliphatic heterocycles. The van der Waals surface area contributed by atoms with Crippen LogP contribution in [0.2, 0.25) is 0 Å². The summed E-state index contributed by atoms with van der Waals surface area (Å²) in [5, 5.41) is 6.46. The number of carbonyl (C=O) groups is 1. The monoisotopic (exact) mass is 351 g/mol. The van der Waals surface area contributed by atoms with Crippen LogP contribution in [0.15, 0.2) is 39.8 Å². The Bertz CT molecular complexity index is 780. The molecule has 1 aromatic carbocycles. The molecular weight excluding hydrogens is 330 g/mol. The fraction of sp³-hybridized carbons (Fsp3) is 0.375. The molecule has 24 heavy (non-hydrogen) atoms. The molecule has 2 rings (SSSR count). The highest BCUT2D eigenvalue weighted by molar-refractivity contribution is 7.89. The summed E-state index contributed by atoms with van der Waals surface area (Å²) >= 11 is 0. The molecule has 0 saturated carbocycles. The summed E-state index contributed by atoms with van der Waals surface area (Å²) in [6.07, 6.45) is 0.0414. The molecule has 8 heteroatoms. The van der Waals surface area contributed by atoms with Crippen LogP contribution in [0.3, 0.4) is 0 Å². The van der Waals surface area contributed by atoms with Crippen LogP contribution in [0.1, 0.15) is 36.4 Å². The summed E-state index contributed by atoms with van der Waals surface area (Å²) in [4.78, 5) is 12.0. The molecule has 0 spiro atoms. The average molecular weight is 351 g/mol. The predicted molar refractivity (Wildman–Crippen MR) is 88.8 cm³/mol. The van der Waals surface area contributed by atoms with Gasteiger partial charge in [-0.3, -0.25) is 4.79 Å². The molecule has 0 aliphatic rings. The fourth-order valence-electron chi connectivity index (χ4n) is 2.37. The summed E-state index contributed by atoms with van der Waals surface area (Å²) in [7, 11) is -3.74. The molecule has 1 aromatic heterocycles. The zero-order valence-electron chi connectivity index (χ0n) is 13.9. The molecule has 7 nitrogen and oxygen atoms in total. The van der Waals surface area contributed by atoms with Gasteiger partial charge in [0.1, 0.15) is 10.6 Å². The highest BCUT2D eigenvalue weighted by Gasteiger charge is 2.23. The Morgan fingerprint density at radius 3 is 2.50 bits per heavy atom. The van der Waals surface area contributed by atoms with Crippen LogP contribution in [-0.4, -0.2) is 26.0 Å². The van der Waals surface area contributed by atoms with E-state index in [9.17, 15) is 13.2 Å². The Balaban J connectivity index is 1.86. The van der Waals surface area contributed by atoms with Gasteiger partial charge in [-0.1, -0.05) is 35.5 Å². The summed E-state index contributed by atoms with van der Waals surface area (Å²) in [5.41, 5.74) is 1.28. The second-order valence-electron chi connectivity index (χ2n) is 5.50. The normalized spacial score (nSPS) is 12.8. The number of aryl methyl sites for hydroxylation is 2. The lowest BCUT2D eigenvalue weighted by Crippen LogP contribution is -2.32. The van der Waals surface area contributed by atoms with Crippen molar-refractivity contribution >= 4 is 15.9 Å². The molecule has 0 saturated heterocycles. The number of hydrogen-bond acceptors (Lipinski definition) is 5. The standard InChI is InChI=1S/C16H21N3O4S/c1-11(14-7-5-4-6-8-14)18-15(20)9-10-17-24(21,22)16-12(2)19-23-13(16)3/h4-8,11,17H,9-10H2,1-3H3,(H,18,20)/t11-/m0/s1. The number of nitrogens with zero attached hydrogens (tertiary/aromatic N) is 1. The van der Waals surface area contributed by atoms with Gasteiger partial charge in [0.25, 0.3) is 0 Å². The quantitative estimate of drug-likeness (QED) is 0.792. The third-order valence-corrected chi connectivity index (χ3v) is 5.26. The SMILES string of the molecule is Cc1noc(C)c1S(=O)(=O)NCCC(=O)N[C@@H](C)c1ccccc1. The van der Waals surface area contributed by atoms with Crippen molar-refractivity contribution in [2.75, 3.05) is 6.54 Å². The van der Waals surface area contributed by atoms with Crippen LogP contribution in [0.25, 0.3) is 0 Å². The summed E-state index contributed by atoms with van der Waals surface area (Å²) in [5.74, 6) is -0.00466. The maximum Gasteiger partial charge on any atom is 0.245 e. The number of aromatic nitrogens is 1. The first kappa shape index (κ1) is 18.2. The number of hydrogen-bond donors (Lipinski definition) is 2. The van der Waals surface area contributed by atoms with Crippen LogP contribution in [-0.2, 0) is 14.8 Å². The maximum absolute atomic E-state index is 12.2. The molecule has 1 amide bonds. The Kier molecular flexibility index (Phi) is 5.74. The van der Waals surface area contributed by atoms with Gasteiger partial charge in [0, 0.05) is 13.0 Å². The highest BCUT2D eigenvalue weighted by Crippen LogP contribution is 2.18. The van der Waals surface area contributed by atoms with E-state index in [2.05, 4.69) is 15.2 Å². The van der Waals surface area contributed by atoms with E-state index in [-0.39, 0.29) is 35.6 Å². The number of rotatable bonds is 7. The Labute approximate surface area is 141 Å². The minimum Gasteiger partial charge on any atom is -0.360 e. The van der Waals surface area contributed by atoms with Crippen molar-refractivity contribution < 1.29 is 17.7 Å². The van der Waals surface area contributed by atoms with Crippen LogP contribution >= 0.6 is 0 Å². The molecule has 2 N–H and O–H groups in total. The van der Waals surface area contributed by atoms with Crippen molar-refractivity contribution in [2.45, 2.75) is 38.1 Å². The molecule has 1 atom stereocenters. The lowest BCUT2D eigenvalue weighted by atomic mass is 10.1. The van der Waals surface area contributed by atoms with Crippen molar-refractivity contribution in [2.24, 2.45) is 0 Å². The zero-order valence-corrected chi connectivity index (χ0v) is 14.7. The molecule has 0 aliphatic carbocycles. The smallest absolute Gasteiger partial charge is 0.245 e. The topological polar surface area (TPSA) is 101 Å². The summed E-state index contributed by atoms with van der Waals surface area (Å²) in [6.45, 7) is 4.96. The van der Waals surface area contributed by atoms with Crippen molar-refractivity contribution in [3.63, 3.8) is 0 Å². The minimum absolute atomic E-state index is 0.000262. The van der Waals surface area contributed by atoms with Crippen molar-refractivity contribution in [1.29, 1.82) is 0 Å². The number of amides is 1. The second kappa shape index (κ2) is 7.59. The number of benzene rings is 1. The first-order chi connectivity index (χ1) is 11.3. The van der Waals surface area contributed by atoms with E-state index in [1.54, 1.807) is 6.92 Å². The molecular formula is C16H21N3O4S. The van der Waals surface area contributed by atoms with Crippen molar-refractivity contribution in [1.82, 2.24) is 15.2 Å². The molecule has 0 fully saturated rings.